The monoisotopic (exact) mass is 280 g/mol. The van der Waals surface area contributed by atoms with Gasteiger partial charge in [0.15, 0.2) is 5.75 Å². The second-order valence-corrected chi connectivity index (χ2v) is 4.94. The molecule has 2 unspecified atom stereocenters. The van der Waals surface area contributed by atoms with Gasteiger partial charge in [0.1, 0.15) is 0 Å². The first-order valence-electron chi connectivity index (χ1n) is 6.24. The average molecular weight is 280 g/mol. The maximum Gasteiger partial charge on any atom is 0.311 e. The van der Waals surface area contributed by atoms with Crippen LogP contribution in [0.4, 0.5) is 11.4 Å². The van der Waals surface area contributed by atoms with E-state index in [4.69, 9.17) is 9.84 Å². The summed E-state index contributed by atoms with van der Waals surface area (Å²) in [5.41, 5.74) is 0.640. The SMILES string of the molecule is COc1cc(N2CC(C)C(C(=O)O)C2)ccc1[N+](=O)[O-]. The maximum atomic E-state index is 11.1. The lowest BCUT2D eigenvalue weighted by atomic mass is 9.99. The van der Waals surface area contributed by atoms with Gasteiger partial charge in [0.2, 0.25) is 0 Å². The van der Waals surface area contributed by atoms with Gasteiger partial charge in [-0.25, -0.2) is 0 Å². The molecule has 7 heteroatoms. The maximum absolute atomic E-state index is 11.1. The van der Waals surface area contributed by atoms with Gasteiger partial charge in [0.25, 0.3) is 0 Å². The molecule has 1 aliphatic heterocycles. The van der Waals surface area contributed by atoms with E-state index in [0.29, 0.717) is 13.1 Å². The van der Waals surface area contributed by atoms with Gasteiger partial charge in [0, 0.05) is 30.9 Å². The Kier molecular flexibility index (Phi) is 3.78. The van der Waals surface area contributed by atoms with Crippen molar-refractivity contribution in [3.8, 4) is 5.75 Å². The molecule has 0 aliphatic carbocycles. The summed E-state index contributed by atoms with van der Waals surface area (Å²) in [4.78, 5) is 23.4. The average Bonchev–Trinajstić information content (AvgIpc) is 2.80. The summed E-state index contributed by atoms with van der Waals surface area (Å²) in [5, 5.41) is 20.0. The number of carboxylic acid groups (broad SMARTS) is 1. The Bertz CT molecular complexity index is 546. The van der Waals surface area contributed by atoms with Crippen molar-refractivity contribution in [1.29, 1.82) is 0 Å². The van der Waals surface area contributed by atoms with Gasteiger partial charge in [0.05, 0.1) is 18.0 Å². The van der Waals surface area contributed by atoms with Crippen LogP contribution in [0.15, 0.2) is 18.2 Å². The van der Waals surface area contributed by atoms with Crippen LogP contribution >= 0.6 is 0 Å². The molecule has 1 heterocycles. The summed E-state index contributed by atoms with van der Waals surface area (Å²) in [5.74, 6) is -1.02. The first kappa shape index (κ1) is 14.1. The topological polar surface area (TPSA) is 92.9 Å². The number of nitrogens with zero attached hydrogens (tertiary/aromatic N) is 2. The van der Waals surface area contributed by atoms with Gasteiger partial charge in [-0.1, -0.05) is 6.92 Å². The molecule has 108 valence electrons. The molecule has 1 aromatic carbocycles. The molecule has 2 rings (SSSR count). The molecular weight excluding hydrogens is 264 g/mol. The van der Waals surface area contributed by atoms with Crippen LogP contribution in [0.5, 0.6) is 5.75 Å². The molecule has 1 aliphatic rings. The zero-order valence-electron chi connectivity index (χ0n) is 11.3. The van der Waals surface area contributed by atoms with Gasteiger partial charge < -0.3 is 14.7 Å². The van der Waals surface area contributed by atoms with Crippen molar-refractivity contribution in [3.05, 3.63) is 28.3 Å². The van der Waals surface area contributed by atoms with E-state index < -0.39 is 16.8 Å². The minimum atomic E-state index is -0.811. The fourth-order valence-corrected chi connectivity index (χ4v) is 2.51. The molecule has 1 fully saturated rings. The second kappa shape index (κ2) is 5.36. The molecule has 0 bridgehead atoms. The summed E-state index contributed by atoms with van der Waals surface area (Å²) in [6.45, 7) is 2.90. The number of benzene rings is 1. The van der Waals surface area contributed by atoms with E-state index in [0.717, 1.165) is 5.69 Å². The number of rotatable bonds is 4. The fourth-order valence-electron chi connectivity index (χ4n) is 2.51. The third kappa shape index (κ3) is 2.52. The zero-order chi connectivity index (χ0) is 14.9. The van der Waals surface area contributed by atoms with Crippen LogP contribution < -0.4 is 9.64 Å². The van der Waals surface area contributed by atoms with Crippen LogP contribution in [0.25, 0.3) is 0 Å². The summed E-state index contributed by atoms with van der Waals surface area (Å²) >= 11 is 0. The summed E-state index contributed by atoms with van der Waals surface area (Å²) < 4.78 is 5.02. The van der Waals surface area contributed by atoms with E-state index in [2.05, 4.69) is 0 Å². The molecule has 1 saturated heterocycles. The highest BCUT2D eigenvalue weighted by molar-refractivity contribution is 5.73. The van der Waals surface area contributed by atoms with E-state index >= 15 is 0 Å². The molecule has 7 nitrogen and oxygen atoms in total. The molecule has 1 aromatic rings. The van der Waals surface area contributed by atoms with E-state index in [1.54, 1.807) is 12.1 Å². The van der Waals surface area contributed by atoms with Crippen molar-refractivity contribution in [1.82, 2.24) is 0 Å². The Morgan fingerprint density at radius 1 is 1.50 bits per heavy atom. The predicted molar refractivity (Wildman–Crippen MR) is 72.2 cm³/mol. The number of hydrogen-bond acceptors (Lipinski definition) is 5. The number of anilines is 1. The highest BCUT2D eigenvalue weighted by Crippen LogP contribution is 2.34. The van der Waals surface area contributed by atoms with Gasteiger partial charge in [-0.15, -0.1) is 0 Å². The third-order valence-corrected chi connectivity index (χ3v) is 3.65. The van der Waals surface area contributed by atoms with Crippen molar-refractivity contribution >= 4 is 17.3 Å². The second-order valence-electron chi connectivity index (χ2n) is 4.94. The van der Waals surface area contributed by atoms with E-state index in [-0.39, 0.29) is 17.4 Å². The lowest BCUT2D eigenvalue weighted by molar-refractivity contribution is -0.385. The zero-order valence-corrected chi connectivity index (χ0v) is 11.3. The molecule has 0 radical (unpaired) electrons. The summed E-state index contributed by atoms with van der Waals surface area (Å²) in [6, 6.07) is 4.58. The molecule has 1 N–H and O–H groups in total. The Balaban J connectivity index is 2.26. The molecule has 0 aromatic heterocycles. The molecule has 2 atom stereocenters. The van der Waals surface area contributed by atoms with Crippen molar-refractivity contribution in [2.45, 2.75) is 6.92 Å². The number of ether oxygens (including phenoxy) is 1. The van der Waals surface area contributed by atoms with Crippen LogP contribution in [0.1, 0.15) is 6.92 Å². The number of hydrogen-bond donors (Lipinski definition) is 1. The quantitative estimate of drug-likeness (QED) is 0.667. The number of carbonyl (C=O) groups is 1. The van der Waals surface area contributed by atoms with E-state index in [1.807, 2.05) is 11.8 Å². The number of aliphatic carboxylic acids is 1. The molecule has 20 heavy (non-hydrogen) atoms. The molecule has 0 amide bonds. The Labute approximate surface area is 115 Å². The fraction of sp³-hybridized carbons (Fsp3) is 0.462. The third-order valence-electron chi connectivity index (χ3n) is 3.65. The number of carboxylic acids is 1. The molecular formula is C13H16N2O5. The first-order valence-corrected chi connectivity index (χ1v) is 6.24. The van der Waals surface area contributed by atoms with Crippen molar-refractivity contribution < 1.29 is 19.6 Å². The largest absolute Gasteiger partial charge is 0.490 e. The Morgan fingerprint density at radius 3 is 2.70 bits per heavy atom. The van der Waals surface area contributed by atoms with E-state index in [1.165, 1.54) is 13.2 Å². The minimum Gasteiger partial charge on any atom is -0.490 e. The Hall–Kier alpha value is -2.31. The highest BCUT2D eigenvalue weighted by Gasteiger charge is 2.35. The van der Waals surface area contributed by atoms with E-state index in [9.17, 15) is 14.9 Å². The Morgan fingerprint density at radius 2 is 2.20 bits per heavy atom. The van der Waals surface area contributed by atoms with Gasteiger partial charge in [-0.3, -0.25) is 14.9 Å². The van der Waals surface area contributed by atoms with Crippen LogP contribution in [-0.2, 0) is 4.79 Å². The smallest absolute Gasteiger partial charge is 0.311 e. The summed E-state index contributed by atoms with van der Waals surface area (Å²) in [6.07, 6.45) is 0. The van der Waals surface area contributed by atoms with Crippen molar-refractivity contribution in [2.24, 2.45) is 11.8 Å². The van der Waals surface area contributed by atoms with Gasteiger partial charge in [-0.2, -0.15) is 0 Å². The van der Waals surface area contributed by atoms with Crippen molar-refractivity contribution in [2.75, 3.05) is 25.1 Å². The lowest BCUT2D eigenvalue weighted by Gasteiger charge is -2.18. The number of methoxy groups -OCH3 is 1. The normalized spacial score (nSPS) is 21.8. The lowest BCUT2D eigenvalue weighted by Crippen LogP contribution is -2.23. The number of nitro groups is 1. The molecule has 0 spiro atoms. The number of nitro benzene ring substituents is 1. The summed E-state index contributed by atoms with van der Waals surface area (Å²) in [7, 11) is 1.37. The standard InChI is InChI=1S/C13H16N2O5/c1-8-6-14(7-10(8)13(16)17)9-3-4-11(15(18)19)12(5-9)20-2/h3-5,8,10H,6-7H2,1-2H3,(H,16,17). The van der Waals surface area contributed by atoms with Gasteiger partial charge in [-0.05, 0) is 12.0 Å². The van der Waals surface area contributed by atoms with Crippen LogP contribution in [0.3, 0.4) is 0 Å². The van der Waals surface area contributed by atoms with Gasteiger partial charge >= 0.3 is 11.7 Å². The predicted octanol–water partition coefficient (Wildman–Crippen LogP) is 1.76. The highest BCUT2D eigenvalue weighted by atomic mass is 16.6. The first-order chi connectivity index (χ1) is 9.43. The van der Waals surface area contributed by atoms with Crippen LogP contribution in [-0.4, -0.2) is 36.2 Å². The van der Waals surface area contributed by atoms with Crippen molar-refractivity contribution in [3.63, 3.8) is 0 Å². The van der Waals surface area contributed by atoms with Crippen LogP contribution in [0, 0.1) is 22.0 Å². The molecule has 0 saturated carbocycles. The van der Waals surface area contributed by atoms with Crippen LogP contribution in [0.2, 0.25) is 0 Å². The minimum absolute atomic E-state index is 0.0358.